The molecule has 1 aromatic rings. The first-order valence-electron chi connectivity index (χ1n) is 10.8. The molecule has 3 aliphatic carbocycles. The molecule has 1 amide bonds. The molecule has 27 heavy (non-hydrogen) atoms. The minimum Gasteiger partial charge on any atom is -0.494 e. The Bertz CT molecular complexity index is 648. The predicted octanol–water partition coefficient (Wildman–Crippen LogP) is 4.02. The molecule has 5 atom stereocenters. The lowest BCUT2D eigenvalue weighted by Gasteiger charge is -2.37. The van der Waals surface area contributed by atoms with Crippen LogP contribution in [0.3, 0.4) is 0 Å². The van der Waals surface area contributed by atoms with Crippen molar-refractivity contribution in [2.45, 2.75) is 69.9 Å². The number of para-hydroxylation sites is 1. The van der Waals surface area contributed by atoms with Gasteiger partial charge >= 0.3 is 0 Å². The van der Waals surface area contributed by atoms with E-state index in [1.807, 2.05) is 30.3 Å². The van der Waals surface area contributed by atoms with Crippen molar-refractivity contribution in [2.75, 3.05) is 13.2 Å². The third-order valence-electron chi connectivity index (χ3n) is 7.14. The van der Waals surface area contributed by atoms with Gasteiger partial charge < -0.3 is 14.7 Å². The highest BCUT2D eigenvalue weighted by Gasteiger charge is 2.54. The monoisotopic (exact) mass is 371 g/mol. The van der Waals surface area contributed by atoms with E-state index in [4.69, 9.17) is 4.74 Å². The van der Waals surface area contributed by atoms with Gasteiger partial charge in [0.15, 0.2) is 0 Å². The van der Waals surface area contributed by atoms with Crippen LogP contribution < -0.4 is 4.74 Å². The lowest BCUT2D eigenvalue weighted by Crippen LogP contribution is -2.45. The fraction of sp³-hybridized carbons (Fsp3) is 0.696. The summed E-state index contributed by atoms with van der Waals surface area (Å²) in [5, 5.41) is 10.9. The first-order chi connectivity index (χ1) is 13.1. The van der Waals surface area contributed by atoms with Gasteiger partial charge in [-0.05, 0) is 81.8 Å². The molecule has 3 saturated carbocycles. The standard InChI is InChI=1S/C23H33NO3/c1-2-24(22(25)9-6-12-27-19-7-4-3-5-8-19)21-11-10-17-13-18-15-23(26,14-17)16-20(18)21/h3-5,7-8,17-18,20-21,26H,2,6,9-16H2,1H3. The summed E-state index contributed by atoms with van der Waals surface area (Å²) in [6.07, 6.45) is 7.69. The molecule has 1 aromatic carbocycles. The molecule has 0 spiro atoms. The van der Waals surface area contributed by atoms with E-state index in [1.54, 1.807) is 0 Å². The molecule has 0 saturated heterocycles. The Labute approximate surface area is 162 Å². The molecule has 3 aliphatic rings. The van der Waals surface area contributed by atoms with Crippen molar-refractivity contribution in [3.8, 4) is 5.75 Å². The molecule has 3 fully saturated rings. The summed E-state index contributed by atoms with van der Waals surface area (Å²) in [6.45, 7) is 3.45. The fourth-order valence-electron chi connectivity index (χ4n) is 6.15. The van der Waals surface area contributed by atoms with Crippen LogP contribution in [0.15, 0.2) is 30.3 Å². The van der Waals surface area contributed by atoms with E-state index in [9.17, 15) is 9.90 Å². The van der Waals surface area contributed by atoms with Gasteiger partial charge in [-0.1, -0.05) is 18.2 Å². The number of rotatable bonds is 7. The predicted molar refractivity (Wildman–Crippen MR) is 105 cm³/mol. The van der Waals surface area contributed by atoms with Gasteiger partial charge in [0.1, 0.15) is 5.75 Å². The van der Waals surface area contributed by atoms with E-state index in [1.165, 1.54) is 12.8 Å². The molecule has 4 nitrogen and oxygen atoms in total. The number of carbonyl (C=O) groups excluding carboxylic acids is 1. The quantitative estimate of drug-likeness (QED) is 0.737. The number of ether oxygens (including phenoxy) is 1. The van der Waals surface area contributed by atoms with Gasteiger partial charge in [0.25, 0.3) is 0 Å². The van der Waals surface area contributed by atoms with Crippen LogP contribution in [0.4, 0.5) is 0 Å². The molecule has 3 bridgehead atoms. The summed E-state index contributed by atoms with van der Waals surface area (Å²) in [5.41, 5.74) is -0.442. The normalized spacial score (nSPS) is 34.3. The Hall–Kier alpha value is -1.55. The maximum atomic E-state index is 13.0. The van der Waals surface area contributed by atoms with Gasteiger partial charge in [0.05, 0.1) is 12.2 Å². The highest BCUT2D eigenvalue weighted by molar-refractivity contribution is 5.76. The number of carbonyl (C=O) groups is 1. The lowest BCUT2D eigenvalue weighted by atomic mass is 9.77. The third kappa shape index (κ3) is 4.01. The summed E-state index contributed by atoms with van der Waals surface area (Å²) >= 11 is 0. The van der Waals surface area contributed by atoms with E-state index in [-0.39, 0.29) is 5.91 Å². The van der Waals surface area contributed by atoms with E-state index in [0.717, 1.165) is 44.4 Å². The zero-order valence-electron chi connectivity index (χ0n) is 16.5. The topological polar surface area (TPSA) is 49.8 Å². The summed E-state index contributed by atoms with van der Waals surface area (Å²) in [4.78, 5) is 15.1. The van der Waals surface area contributed by atoms with Crippen molar-refractivity contribution in [2.24, 2.45) is 17.8 Å². The summed E-state index contributed by atoms with van der Waals surface area (Å²) in [5.74, 6) is 2.89. The summed E-state index contributed by atoms with van der Waals surface area (Å²) in [7, 11) is 0. The second-order valence-electron chi connectivity index (χ2n) is 8.95. The molecule has 0 radical (unpaired) electrons. The second-order valence-corrected chi connectivity index (χ2v) is 8.95. The fourth-order valence-corrected chi connectivity index (χ4v) is 6.15. The highest BCUT2D eigenvalue weighted by atomic mass is 16.5. The van der Waals surface area contributed by atoms with E-state index >= 15 is 0 Å². The zero-order valence-corrected chi connectivity index (χ0v) is 16.5. The number of aliphatic hydroxyl groups is 1. The summed E-state index contributed by atoms with van der Waals surface area (Å²) < 4.78 is 5.73. The van der Waals surface area contributed by atoms with Gasteiger partial charge in [-0.2, -0.15) is 0 Å². The van der Waals surface area contributed by atoms with Crippen molar-refractivity contribution >= 4 is 5.91 Å². The molecule has 148 valence electrons. The van der Waals surface area contributed by atoms with Gasteiger partial charge in [0.2, 0.25) is 5.91 Å². The van der Waals surface area contributed by atoms with Crippen LogP contribution in [0.25, 0.3) is 0 Å². The number of nitrogens with zero attached hydrogens (tertiary/aromatic N) is 1. The number of benzene rings is 1. The molecule has 4 heteroatoms. The van der Waals surface area contributed by atoms with Crippen LogP contribution >= 0.6 is 0 Å². The highest BCUT2D eigenvalue weighted by Crippen LogP contribution is 2.56. The molecule has 0 heterocycles. The first kappa shape index (κ1) is 18.8. The van der Waals surface area contributed by atoms with Crippen LogP contribution in [0.1, 0.15) is 58.3 Å². The smallest absolute Gasteiger partial charge is 0.222 e. The zero-order chi connectivity index (χ0) is 18.9. The lowest BCUT2D eigenvalue weighted by molar-refractivity contribution is -0.135. The van der Waals surface area contributed by atoms with Crippen molar-refractivity contribution in [3.05, 3.63) is 30.3 Å². The molecule has 5 unspecified atom stereocenters. The Morgan fingerprint density at radius 3 is 2.81 bits per heavy atom. The maximum Gasteiger partial charge on any atom is 0.222 e. The SMILES string of the molecule is CCN(C(=O)CCCOc1ccccc1)C1CCC2CC3CC(O)(C2)CC31. The van der Waals surface area contributed by atoms with Crippen LogP contribution in [0, 0.1) is 17.8 Å². The van der Waals surface area contributed by atoms with Crippen molar-refractivity contribution < 1.29 is 14.6 Å². The number of hydrogen-bond donors (Lipinski definition) is 1. The Morgan fingerprint density at radius 2 is 2.04 bits per heavy atom. The Morgan fingerprint density at radius 1 is 1.22 bits per heavy atom. The van der Waals surface area contributed by atoms with Gasteiger partial charge in [-0.3, -0.25) is 4.79 Å². The molecule has 0 aliphatic heterocycles. The van der Waals surface area contributed by atoms with Gasteiger partial charge in [0, 0.05) is 19.0 Å². The third-order valence-corrected chi connectivity index (χ3v) is 7.14. The van der Waals surface area contributed by atoms with E-state index < -0.39 is 5.60 Å². The minimum atomic E-state index is -0.442. The maximum absolute atomic E-state index is 13.0. The molecule has 0 aromatic heterocycles. The van der Waals surface area contributed by atoms with Crippen LogP contribution in [-0.4, -0.2) is 40.7 Å². The van der Waals surface area contributed by atoms with Gasteiger partial charge in [-0.15, -0.1) is 0 Å². The number of fused-ring (bicyclic) bond motifs is 2. The first-order valence-corrected chi connectivity index (χ1v) is 10.8. The average Bonchev–Trinajstić information content (AvgIpc) is 2.83. The van der Waals surface area contributed by atoms with Crippen LogP contribution in [0.5, 0.6) is 5.75 Å². The largest absolute Gasteiger partial charge is 0.494 e. The Balaban J connectivity index is 1.33. The molecule has 4 rings (SSSR count). The second kappa shape index (κ2) is 7.83. The van der Waals surface area contributed by atoms with Crippen LogP contribution in [0.2, 0.25) is 0 Å². The number of hydrogen-bond acceptors (Lipinski definition) is 3. The molecular formula is C23H33NO3. The summed E-state index contributed by atoms with van der Waals surface area (Å²) in [6, 6.07) is 10.1. The molecular weight excluding hydrogens is 338 g/mol. The van der Waals surface area contributed by atoms with Crippen LogP contribution in [-0.2, 0) is 4.79 Å². The van der Waals surface area contributed by atoms with Crippen molar-refractivity contribution in [1.82, 2.24) is 4.90 Å². The Kier molecular flexibility index (Phi) is 5.45. The average molecular weight is 372 g/mol. The minimum absolute atomic E-state index is 0.257. The van der Waals surface area contributed by atoms with Gasteiger partial charge in [-0.25, -0.2) is 0 Å². The molecule has 1 N–H and O–H groups in total. The van der Waals surface area contributed by atoms with Crippen molar-refractivity contribution in [3.63, 3.8) is 0 Å². The number of amides is 1. The van der Waals surface area contributed by atoms with E-state index in [0.29, 0.717) is 36.8 Å². The van der Waals surface area contributed by atoms with Crippen molar-refractivity contribution in [1.29, 1.82) is 0 Å². The van der Waals surface area contributed by atoms with E-state index in [2.05, 4.69) is 11.8 Å².